The summed E-state index contributed by atoms with van der Waals surface area (Å²) in [7, 11) is 1.67. The first-order valence-electron chi connectivity index (χ1n) is 6.05. The van der Waals surface area contributed by atoms with Gasteiger partial charge in [-0.1, -0.05) is 25.0 Å². The first-order valence-corrected chi connectivity index (χ1v) is 6.05. The molecule has 1 aliphatic rings. The fourth-order valence-corrected chi connectivity index (χ4v) is 2.57. The molecule has 0 saturated heterocycles. The van der Waals surface area contributed by atoms with Crippen LogP contribution in [0.25, 0.3) is 0 Å². The van der Waals surface area contributed by atoms with Gasteiger partial charge in [0, 0.05) is 0 Å². The predicted octanol–water partition coefficient (Wildman–Crippen LogP) is 3.23. The van der Waals surface area contributed by atoms with Crippen LogP contribution >= 0.6 is 0 Å². The molecule has 1 aromatic carbocycles. The lowest BCUT2D eigenvalue weighted by molar-refractivity contribution is 0.111. The van der Waals surface area contributed by atoms with Gasteiger partial charge in [0.15, 0.2) is 0 Å². The van der Waals surface area contributed by atoms with Crippen molar-refractivity contribution in [3.8, 4) is 5.75 Å². The average molecular weight is 220 g/mol. The zero-order valence-electron chi connectivity index (χ0n) is 10.1. The highest BCUT2D eigenvalue weighted by atomic mass is 16.5. The van der Waals surface area contributed by atoms with Gasteiger partial charge in [0.2, 0.25) is 0 Å². The molecule has 1 N–H and O–H groups in total. The molecule has 1 atom stereocenters. The quantitative estimate of drug-likeness (QED) is 0.847. The maximum absolute atomic E-state index is 10.3. The van der Waals surface area contributed by atoms with Gasteiger partial charge in [0.25, 0.3) is 0 Å². The number of aliphatic hydroxyl groups is 1. The molecule has 0 radical (unpaired) electrons. The molecule has 0 aromatic heterocycles. The van der Waals surface area contributed by atoms with E-state index in [1.165, 1.54) is 12.8 Å². The van der Waals surface area contributed by atoms with Gasteiger partial charge >= 0.3 is 0 Å². The van der Waals surface area contributed by atoms with Crippen LogP contribution in [0.2, 0.25) is 0 Å². The summed E-state index contributed by atoms with van der Waals surface area (Å²) >= 11 is 0. The van der Waals surface area contributed by atoms with E-state index < -0.39 is 0 Å². The SMILES string of the molecule is COc1cc(C(O)C2CCCC2)ccc1C. The van der Waals surface area contributed by atoms with E-state index in [9.17, 15) is 5.11 Å². The zero-order valence-corrected chi connectivity index (χ0v) is 10.1. The van der Waals surface area contributed by atoms with Gasteiger partial charge in [0.1, 0.15) is 5.75 Å². The zero-order chi connectivity index (χ0) is 11.5. The summed E-state index contributed by atoms with van der Waals surface area (Å²) in [6.07, 6.45) is 4.49. The Labute approximate surface area is 97.3 Å². The third kappa shape index (κ3) is 2.22. The highest BCUT2D eigenvalue weighted by molar-refractivity contribution is 5.37. The molecule has 0 heterocycles. The summed E-state index contributed by atoms with van der Waals surface area (Å²) in [6, 6.07) is 6.01. The summed E-state index contributed by atoms with van der Waals surface area (Å²) in [6.45, 7) is 2.02. The number of methoxy groups -OCH3 is 1. The van der Waals surface area contributed by atoms with Crippen LogP contribution in [0, 0.1) is 12.8 Å². The lowest BCUT2D eigenvalue weighted by Crippen LogP contribution is -2.09. The van der Waals surface area contributed by atoms with Crippen molar-refractivity contribution in [1.82, 2.24) is 0 Å². The largest absolute Gasteiger partial charge is 0.496 e. The van der Waals surface area contributed by atoms with Crippen LogP contribution in [0.4, 0.5) is 0 Å². The standard InChI is InChI=1S/C14H20O2/c1-10-7-8-12(9-13(10)16-2)14(15)11-5-3-4-6-11/h7-9,11,14-15H,3-6H2,1-2H3. The molecule has 88 valence electrons. The smallest absolute Gasteiger partial charge is 0.122 e. The minimum absolute atomic E-state index is 0.322. The summed E-state index contributed by atoms with van der Waals surface area (Å²) < 4.78 is 5.29. The Bertz CT molecular complexity index is 354. The Morgan fingerprint density at radius 1 is 1.31 bits per heavy atom. The van der Waals surface area contributed by atoms with Crippen molar-refractivity contribution in [2.24, 2.45) is 5.92 Å². The number of aryl methyl sites for hydroxylation is 1. The number of rotatable bonds is 3. The summed E-state index contributed by atoms with van der Waals surface area (Å²) in [4.78, 5) is 0. The fourth-order valence-electron chi connectivity index (χ4n) is 2.57. The van der Waals surface area contributed by atoms with Gasteiger partial charge < -0.3 is 9.84 Å². The second-order valence-electron chi connectivity index (χ2n) is 4.72. The van der Waals surface area contributed by atoms with Gasteiger partial charge in [-0.3, -0.25) is 0 Å². The molecular formula is C14H20O2. The van der Waals surface area contributed by atoms with Gasteiger partial charge in [-0.2, -0.15) is 0 Å². The molecule has 1 saturated carbocycles. The molecule has 0 amide bonds. The Balaban J connectivity index is 2.19. The normalized spacial score (nSPS) is 18.7. The Morgan fingerprint density at radius 3 is 2.62 bits per heavy atom. The summed E-state index contributed by atoms with van der Waals surface area (Å²) in [5.41, 5.74) is 2.11. The van der Waals surface area contributed by atoms with Crippen molar-refractivity contribution in [2.45, 2.75) is 38.7 Å². The molecule has 1 aliphatic carbocycles. The lowest BCUT2D eigenvalue weighted by atomic mass is 9.94. The van der Waals surface area contributed by atoms with Crippen molar-refractivity contribution >= 4 is 0 Å². The van der Waals surface area contributed by atoms with Crippen LogP contribution in [-0.4, -0.2) is 12.2 Å². The summed E-state index contributed by atoms with van der Waals surface area (Å²) in [5.74, 6) is 1.31. The molecule has 16 heavy (non-hydrogen) atoms. The van der Waals surface area contributed by atoms with Crippen LogP contribution < -0.4 is 4.74 Å². The number of hydrogen-bond donors (Lipinski definition) is 1. The molecule has 1 fully saturated rings. The lowest BCUT2D eigenvalue weighted by Gasteiger charge is -2.19. The van der Waals surface area contributed by atoms with Crippen molar-refractivity contribution in [3.05, 3.63) is 29.3 Å². The van der Waals surface area contributed by atoms with Gasteiger partial charge in [0.05, 0.1) is 13.2 Å². The predicted molar refractivity (Wildman–Crippen MR) is 64.6 cm³/mol. The van der Waals surface area contributed by atoms with Gasteiger partial charge in [-0.25, -0.2) is 0 Å². The molecule has 1 unspecified atom stereocenters. The Kier molecular flexibility index (Phi) is 3.49. The van der Waals surface area contributed by atoms with Crippen LogP contribution in [0.1, 0.15) is 42.9 Å². The van der Waals surface area contributed by atoms with Gasteiger partial charge in [-0.15, -0.1) is 0 Å². The fraction of sp³-hybridized carbons (Fsp3) is 0.571. The van der Waals surface area contributed by atoms with E-state index in [1.54, 1.807) is 7.11 Å². The van der Waals surface area contributed by atoms with Crippen LogP contribution in [-0.2, 0) is 0 Å². The topological polar surface area (TPSA) is 29.5 Å². The van der Waals surface area contributed by atoms with Gasteiger partial charge in [-0.05, 0) is 42.9 Å². The second kappa shape index (κ2) is 4.88. The highest BCUT2D eigenvalue weighted by Crippen LogP contribution is 2.36. The third-order valence-corrected chi connectivity index (χ3v) is 3.62. The second-order valence-corrected chi connectivity index (χ2v) is 4.72. The Morgan fingerprint density at radius 2 is 2.00 bits per heavy atom. The van der Waals surface area contributed by atoms with E-state index in [-0.39, 0.29) is 6.10 Å². The molecule has 1 aromatic rings. The molecule has 2 nitrogen and oxygen atoms in total. The number of hydrogen-bond acceptors (Lipinski definition) is 2. The molecule has 2 rings (SSSR count). The van der Waals surface area contributed by atoms with Crippen LogP contribution in [0.5, 0.6) is 5.75 Å². The minimum atomic E-state index is -0.322. The van der Waals surface area contributed by atoms with E-state index in [0.29, 0.717) is 5.92 Å². The first kappa shape index (κ1) is 11.5. The van der Waals surface area contributed by atoms with E-state index in [2.05, 4.69) is 0 Å². The number of ether oxygens (including phenoxy) is 1. The van der Waals surface area contributed by atoms with Crippen molar-refractivity contribution in [3.63, 3.8) is 0 Å². The van der Waals surface area contributed by atoms with Crippen molar-refractivity contribution in [2.75, 3.05) is 7.11 Å². The third-order valence-electron chi connectivity index (χ3n) is 3.62. The highest BCUT2D eigenvalue weighted by Gasteiger charge is 2.24. The molecule has 2 heteroatoms. The van der Waals surface area contributed by atoms with Crippen molar-refractivity contribution in [1.29, 1.82) is 0 Å². The summed E-state index contributed by atoms with van der Waals surface area (Å²) in [5, 5.41) is 10.3. The van der Waals surface area contributed by atoms with E-state index in [1.807, 2.05) is 25.1 Å². The molecular weight excluding hydrogens is 200 g/mol. The Hall–Kier alpha value is -1.02. The monoisotopic (exact) mass is 220 g/mol. The first-order chi connectivity index (χ1) is 7.72. The minimum Gasteiger partial charge on any atom is -0.496 e. The maximum Gasteiger partial charge on any atom is 0.122 e. The van der Waals surface area contributed by atoms with E-state index in [0.717, 1.165) is 29.7 Å². The van der Waals surface area contributed by atoms with E-state index in [4.69, 9.17) is 4.74 Å². The average Bonchev–Trinajstić information content (AvgIpc) is 2.82. The molecule has 0 spiro atoms. The van der Waals surface area contributed by atoms with Crippen LogP contribution in [0.3, 0.4) is 0 Å². The van der Waals surface area contributed by atoms with E-state index >= 15 is 0 Å². The molecule has 0 aliphatic heterocycles. The number of aliphatic hydroxyl groups excluding tert-OH is 1. The molecule has 0 bridgehead atoms. The van der Waals surface area contributed by atoms with Crippen molar-refractivity contribution < 1.29 is 9.84 Å². The maximum atomic E-state index is 10.3. The number of benzene rings is 1. The van der Waals surface area contributed by atoms with Crippen LogP contribution in [0.15, 0.2) is 18.2 Å².